The summed E-state index contributed by atoms with van der Waals surface area (Å²) >= 11 is 0. The van der Waals surface area contributed by atoms with Gasteiger partial charge in [0.15, 0.2) is 18.0 Å². The summed E-state index contributed by atoms with van der Waals surface area (Å²) in [7, 11) is 0. The summed E-state index contributed by atoms with van der Waals surface area (Å²) in [6, 6.07) is -1.61. The van der Waals surface area contributed by atoms with Gasteiger partial charge < -0.3 is 24.7 Å². The van der Waals surface area contributed by atoms with E-state index in [1.54, 1.807) is 0 Å². The van der Waals surface area contributed by atoms with Crippen molar-refractivity contribution < 1.29 is 46.9 Å². The third kappa shape index (κ3) is 6.21. The van der Waals surface area contributed by atoms with E-state index in [2.05, 4.69) is 11.2 Å². The second-order valence-corrected chi connectivity index (χ2v) is 13.4. The van der Waals surface area contributed by atoms with Gasteiger partial charge in [-0.25, -0.2) is 27.2 Å². The predicted octanol–water partition coefficient (Wildman–Crippen LogP) is 1.36. The van der Waals surface area contributed by atoms with Gasteiger partial charge in [0.25, 0.3) is 0 Å². The molecule has 3 saturated heterocycles. The average molecular weight is 656 g/mol. The minimum atomic E-state index is -1.58. The van der Waals surface area contributed by atoms with Crippen LogP contribution < -0.4 is 5.32 Å². The molecule has 12 atom stereocenters. The summed E-state index contributed by atoms with van der Waals surface area (Å²) in [4.78, 5) is 44.1. The Kier molecular flexibility index (Phi) is 9.53. The number of hydrogen-bond acceptors (Lipinski definition) is 9. The van der Waals surface area contributed by atoms with E-state index in [9.17, 15) is 29.0 Å². The lowest BCUT2D eigenvalue weighted by atomic mass is 9.80. The molecule has 4 aliphatic heterocycles. The van der Waals surface area contributed by atoms with Crippen molar-refractivity contribution in [3.05, 3.63) is 11.8 Å². The quantitative estimate of drug-likeness (QED) is 0.220. The molecule has 0 aromatic rings. The number of ketones is 1. The molecule has 0 aromatic carbocycles. The monoisotopic (exact) mass is 655 g/mol. The Morgan fingerprint density at radius 3 is 2.26 bits per heavy atom. The number of terminal acetylenes is 1. The molecule has 3 N–H and O–H groups in total. The molecule has 46 heavy (non-hydrogen) atoms. The molecule has 4 heterocycles. The molecule has 11 nitrogen and oxygen atoms in total. The number of hydrogen-bond donors (Lipinski definition) is 3. The van der Waals surface area contributed by atoms with Gasteiger partial charge in [-0.3, -0.25) is 19.9 Å². The van der Waals surface area contributed by atoms with Crippen LogP contribution in [0, 0.1) is 18.3 Å². The molecular weight excluding hydrogens is 614 g/mol. The molecule has 1 amide bonds. The highest BCUT2D eigenvalue weighted by atomic mass is 19.2. The zero-order chi connectivity index (χ0) is 32.9. The Morgan fingerprint density at radius 1 is 0.935 bits per heavy atom. The van der Waals surface area contributed by atoms with E-state index in [-0.39, 0.29) is 50.7 Å². The summed E-state index contributed by atoms with van der Waals surface area (Å²) < 4.78 is 65.5. The topological polar surface area (TPSA) is 126 Å². The number of alkyl halides is 4. The van der Waals surface area contributed by atoms with Gasteiger partial charge in [0.2, 0.25) is 0 Å². The molecule has 11 unspecified atom stereocenters. The minimum absolute atomic E-state index is 0.102. The molecule has 5 fully saturated rings. The van der Waals surface area contributed by atoms with E-state index < -0.39 is 84.6 Å². The number of aliphatic carboxylic acids is 1. The standard InChI is InChI=1S/C31H41F4N5O6/c1-2-25(41)26-15-39(31(45)46-26)17-4-6-23(21(34)12-17)37-7-9-38(10-8-37)29-22(35)13-18-27(42)19(30(43)44)14-40(28(18)36-29)24-5-3-16(32)11-20(24)33/h1,14,16-18,20-26,28-29,36,41H,3-13,15H2,(H,43,44)/t16?,17?,18?,20?,21?,22?,23?,24?,25?,26-,28?,29?/m1/s1. The van der Waals surface area contributed by atoms with Crippen molar-refractivity contribution in [3.8, 4) is 12.3 Å². The number of rotatable bonds is 6. The fraction of sp³-hybridized carbons (Fsp3) is 0.774. The lowest BCUT2D eigenvalue weighted by Crippen LogP contribution is -2.71. The molecule has 0 spiro atoms. The maximum absolute atomic E-state index is 15.7. The average Bonchev–Trinajstić information content (AvgIpc) is 3.42. The van der Waals surface area contributed by atoms with Crippen LogP contribution in [0.3, 0.4) is 0 Å². The van der Waals surface area contributed by atoms with E-state index in [1.807, 2.05) is 9.80 Å². The number of fused-ring (bicyclic) bond motifs is 1. The van der Waals surface area contributed by atoms with Crippen molar-refractivity contribution in [2.24, 2.45) is 5.92 Å². The summed E-state index contributed by atoms with van der Waals surface area (Å²) in [5, 5.41) is 22.7. The Balaban J connectivity index is 1.08. The van der Waals surface area contributed by atoms with E-state index in [4.69, 9.17) is 11.2 Å². The number of piperazine rings is 1. The van der Waals surface area contributed by atoms with Crippen LogP contribution in [0.5, 0.6) is 0 Å². The third-order valence-electron chi connectivity index (χ3n) is 10.8. The highest BCUT2D eigenvalue weighted by molar-refractivity contribution is 6.18. The predicted molar refractivity (Wildman–Crippen MR) is 155 cm³/mol. The van der Waals surface area contributed by atoms with Gasteiger partial charge >= 0.3 is 12.1 Å². The third-order valence-corrected chi connectivity index (χ3v) is 10.8. The maximum Gasteiger partial charge on any atom is 0.410 e. The molecule has 6 aliphatic rings. The van der Waals surface area contributed by atoms with E-state index in [0.717, 1.165) is 6.20 Å². The van der Waals surface area contributed by atoms with Crippen molar-refractivity contribution in [1.29, 1.82) is 0 Å². The number of amides is 1. The van der Waals surface area contributed by atoms with Gasteiger partial charge in [-0.1, -0.05) is 5.92 Å². The van der Waals surface area contributed by atoms with Crippen LogP contribution in [0.25, 0.3) is 0 Å². The Bertz CT molecular complexity index is 1260. The van der Waals surface area contributed by atoms with Crippen LogP contribution in [0.4, 0.5) is 22.4 Å². The zero-order valence-electron chi connectivity index (χ0n) is 25.4. The number of nitrogens with one attached hydrogen (secondary N) is 1. The number of aliphatic hydroxyl groups excluding tert-OH is 1. The number of carboxylic acid groups (broad SMARTS) is 1. The number of Topliss-reactive ketones (excluding diaryl/α,β-unsaturated/α-hetero) is 1. The molecule has 6 rings (SSSR count). The molecule has 0 aromatic heterocycles. The first-order valence-corrected chi connectivity index (χ1v) is 16.2. The number of aliphatic hydroxyl groups is 1. The number of cyclic esters (lactones) is 1. The number of carboxylic acids is 1. The number of halogens is 4. The van der Waals surface area contributed by atoms with Crippen molar-refractivity contribution in [2.75, 3.05) is 32.7 Å². The fourth-order valence-electron chi connectivity index (χ4n) is 8.31. The van der Waals surface area contributed by atoms with Gasteiger partial charge in [0.1, 0.15) is 30.3 Å². The van der Waals surface area contributed by atoms with Crippen LogP contribution in [0.2, 0.25) is 0 Å². The second-order valence-electron chi connectivity index (χ2n) is 13.4. The van der Waals surface area contributed by atoms with Crippen molar-refractivity contribution in [3.63, 3.8) is 0 Å². The molecule has 254 valence electrons. The van der Waals surface area contributed by atoms with Crippen LogP contribution >= 0.6 is 0 Å². The molecule has 2 aliphatic carbocycles. The highest BCUT2D eigenvalue weighted by Crippen LogP contribution is 2.39. The van der Waals surface area contributed by atoms with E-state index in [0.29, 0.717) is 39.0 Å². The largest absolute Gasteiger partial charge is 0.478 e. The van der Waals surface area contributed by atoms with Gasteiger partial charge in [0.05, 0.1) is 30.8 Å². The van der Waals surface area contributed by atoms with Gasteiger partial charge in [-0.15, -0.1) is 6.42 Å². The van der Waals surface area contributed by atoms with E-state index in [1.165, 1.54) is 9.80 Å². The molecule has 0 bridgehead atoms. The second kappa shape index (κ2) is 13.3. The Morgan fingerprint density at radius 2 is 1.61 bits per heavy atom. The normalized spacial score (nSPS) is 41.7. The number of ether oxygens (including phenoxy) is 1. The summed E-state index contributed by atoms with van der Waals surface area (Å²) in [5.74, 6) is -1.07. The summed E-state index contributed by atoms with van der Waals surface area (Å²) in [6.07, 6.45) is -2.78. The van der Waals surface area contributed by atoms with E-state index >= 15 is 13.2 Å². The molecule has 2 saturated carbocycles. The fourth-order valence-corrected chi connectivity index (χ4v) is 8.31. The van der Waals surface area contributed by atoms with Crippen molar-refractivity contribution >= 4 is 17.8 Å². The van der Waals surface area contributed by atoms with Gasteiger partial charge in [0, 0.05) is 57.3 Å². The van der Waals surface area contributed by atoms with Gasteiger partial charge in [-0.2, -0.15) is 0 Å². The molecule has 0 radical (unpaired) electrons. The first-order chi connectivity index (χ1) is 22.0. The number of piperidine rings is 1. The van der Waals surface area contributed by atoms with Gasteiger partial charge in [-0.05, 0) is 32.1 Å². The zero-order valence-corrected chi connectivity index (χ0v) is 25.4. The van der Waals surface area contributed by atoms with Crippen LogP contribution in [-0.4, -0.2) is 148 Å². The summed E-state index contributed by atoms with van der Waals surface area (Å²) in [6.45, 7) is 1.81. The number of carbonyl (C=O) groups excluding carboxylic acids is 2. The summed E-state index contributed by atoms with van der Waals surface area (Å²) in [5.41, 5.74) is -0.529. The smallest absolute Gasteiger partial charge is 0.410 e. The minimum Gasteiger partial charge on any atom is -0.478 e. The SMILES string of the molecule is C#CC(O)[C@H]1CN(C2CCC(N3CCN(C4NC5C(CC4F)C(=O)C(C(=O)O)=CN5C4CCC(F)CC4F)CC3)C(F)C2)C(=O)O1. The first kappa shape index (κ1) is 33.0. The maximum atomic E-state index is 15.7. The number of nitrogens with zero attached hydrogens (tertiary/aromatic N) is 4. The highest BCUT2D eigenvalue weighted by Gasteiger charge is 2.52. The Labute approximate surface area is 264 Å². The van der Waals surface area contributed by atoms with Crippen LogP contribution in [0.1, 0.15) is 44.9 Å². The first-order valence-electron chi connectivity index (χ1n) is 16.2. The van der Waals surface area contributed by atoms with Crippen molar-refractivity contribution in [1.82, 2.24) is 24.9 Å². The number of carbonyl (C=O) groups is 3. The molecule has 15 heteroatoms. The Hall–Kier alpha value is -2.93. The molecular formula is C31H41F4N5O6. The lowest BCUT2D eigenvalue weighted by molar-refractivity contribution is -0.140. The van der Waals surface area contributed by atoms with Crippen LogP contribution in [-0.2, 0) is 14.3 Å². The lowest BCUT2D eigenvalue weighted by Gasteiger charge is -2.53. The van der Waals surface area contributed by atoms with Crippen molar-refractivity contribution in [2.45, 2.75) is 112 Å². The van der Waals surface area contributed by atoms with Crippen LogP contribution in [0.15, 0.2) is 11.8 Å².